The molecule has 0 heterocycles. The largest absolute Gasteiger partial charge is 2.00 e. The van der Waals surface area contributed by atoms with Gasteiger partial charge in [0.1, 0.15) is 0 Å². The maximum Gasteiger partial charge on any atom is 2.00 e. The molecular weight excluding hydrogens is 207 g/mol. The Labute approximate surface area is 73.7 Å². The van der Waals surface area contributed by atoms with Gasteiger partial charge in [0.15, 0.2) is 0 Å². The summed E-state index contributed by atoms with van der Waals surface area (Å²) in [6, 6.07) is 0. The van der Waals surface area contributed by atoms with Gasteiger partial charge in [-0.2, -0.15) is 0 Å². The van der Waals surface area contributed by atoms with Gasteiger partial charge in [0.05, 0.1) is 10.5 Å². The van der Waals surface area contributed by atoms with Crippen molar-refractivity contribution in [1.82, 2.24) is 0 Å². The van der Waals surface area contributed by atoms with Crippen LogP contribution in [0.5, 0.6) is 0 Å². The van der Waals surface area contributed by atoms with E-state index in [9.17, 15) is 0 Å². The van der Waals surface area contributed by atoms with Crippen LogP contribution in [0.1, 0.15) is 0 Å². The van der Waals surface area contributed by atoms with E-state index in [4.69, 9.17) is 9.59 Å². The fourth-order valence-corrected chi connectivity index (χ4v) is 0. The van der Waals surface area contributed by atoms with Gasteiger partial charge in [-0.15, -0.1) is 0 Å². The molecule has 0 aromatic heterocycles. The SMILES string of the molecule is NC(=O)[S-].NC(=O)[S-].[Co+2]. The van der Waals surface area contributed by atoms with Gasteiger partial charge in [0, 0.05) is 0 Å². The van der Waals surface area contributed by atoms with E-state index in [-0.39, 0.29) is 16.8 Å². The molecule has 4 nitrogen and oxygen atoms in total. The maximum absolute atomic E-state index is 9.04. The second-order valence-corrected chi connectivity index (χ2v) is 1.44. The number of rotatable bonds is 0. The van der Waals surface area contributed by atoms with Crippen LogP contribution in [-0.2, 0) is 42.0 Å². The zero-order chi connectivity index (χ0) is 7.15. The summed E-state index contributed by atoms with van der Waals surface area (Å²) in [7, 11) is 0. The summed E-state index contributed by atoms with van der Waals surface area (Å²) in [5.41, 5.74) is 8.57. The average molecular weight is 211 g/mol. The van der Waals surface area contributed by atoms with Gasteiger partial charge >= 0.3 is 16.8 Å². The molecule has 0 saturated carbocycles. The molecule has 0 aliphatic rings. The summed E-state index contributed by atoms with van der Waals surface area (Å²) in [4.78, 5) is 18.1. The van der Waals surface area contributed by atoms with Crippen LogP contribution >= 0.6 is 0 Å². The van der Waals surface area contributed by atoms with Crippen molar-refractivity contribution in [3.05, 3.63) is 0 Å². The fourth-order valence-electron chi connectivity index (χ4n) is 0. The van der Waals surface area contributed by atoms with Gasteiger partial charge in [-0.05, 0) is 0 Å². The Morgan fingerprint density at radius 1 is 1.00 bits per heavy atom. The number of hydrogen-bond acceptors (Lipinski definition) is 4. The first-order chi connectivity index (χ1) is 3.46. The summed E-state index contributed by atoms with van der Waals surface area (Å²) < 4.78 is 0. The van der Waals surface area contributed by atoms with Gasteiger partial charge in [0.25, 0.3) is 0 Å². The quantitative estimate of drug-likeness (QED) is 0.515. The van der Waals surface area contributed by atoms with Gasteiger partial charge < -0.3 is 46.3 Å². The molecular formula is C2H4CoN2O2S2. The minimum absolute atomic E-state index is 0. The maximum atomic E-state index is 9.04. The summed E-state index contributed by atoms with van der Waals surface area (Å²) in [5.74, 6) is 0. The van der Waals surface area contributed by atoms with Crippen molar-refractivity contribution < 1.29 is 26.4 Å². The monoisotopic (exact) mass is 211 g/mol. The smallest absolute Gasteiger partial charge is 0.719 e. The van der Waals surface area contributed by atoms with E-state index in [0.29, 0.717) is 0 Å². The summed E-state index contributed by atoms with van der Waals surface area (Å²) in [5, 5.41) is -1.50. The molecule has 0 saturated heterocycles. The van der Waals surface area contributed by atoms with Crippen LogP contribution in [0.4, 0.5) is 9.59 Å². The van der Waals surface area contributed by atoms with E-state index in [2.05, 4.69) is 36.7 Å². The van der Waals surface area contributed by atoms with Gasteiger partial charge in [0.2, 0.25) is 0 Å². The predicted octanol–water partition coefficient (Wildman–Crippen LogP) is -0.778. The third-order valence-corrected chi connectivity index (χ3v) is 0. The Balaban J connectivity index is -0.0000000720. The van der Waals surface area contributed by atoms with Crippen molar-refractivity contribution >= 4 is 35.7 Å². The van der Waals surface area contributed by atoms with E-state index >= 15 is 0 Å². The third-order valence-electron chi connectivity index (χ3n) is 0. The van der Waals surface area contributed by atoms with Crippen molar-refractivity contribution in [2.75, 3.05) is 0 Å². The topological polar surface area (TPSA) is 86.2 Å². The first-order valence-electron chi connectivity index (χ1n) is 1.39. The Kier molecular flexibility index (Phi) is 19.1. The molecule has 4 N–H and O–H groups in total. The van der Waals surface area contributed by atoms with Gasteiger partial charge in [-0.25, -0.2) is 0 Å². The van der Waals surface area contributed by atoms with Crippen LogP contribution in [0.3, 0.4) is 0 Å². The first-order valence-corrected chi connectivity index (χ1v) is 2.21. The number of hydrogen-bond donors (Lipinski definition) is 2. The zero-order valence-electron chi connectivity index (χ0n) is 4.12. The van der Waals surface area contributed by atoms with E-state index in [1.165, 1.54) is 0 Å². The molecule has 0 rings (SSSR count). The number of primary amides is 2. The molecule has 0 unspecified atom stereocenters. The van der Waals surface area contributed by atoms with Crippen molar-refractivity contribution in [1.29, 1.82) is 0 Å². The van der Waals surface area contributed by atoms with Crippen LogP contribution in [0.2, 0.25) is 0 Å². The van der Waals surface area contributed by atoms with E-state index in [1.54, 1.807) is 0 Å². The molecule has 2 amide bonds. The molecule has 55 valence electrons. The number of nitrogens with two attached hydrogens (primary N) is 2. The number of carbonyl (C=O) groups excluding carboxylic acids is 2. The molecule has 7 heteroatoms. The van der Waals surface area contributed by atoms with Crippen molar-refractivity contribution in [3.63, 3.8) is 0 Å². The van der Waals surface area contributed by atoms with Crippen molar-refractivity contribution in [2.45, 2.75) is 0 Å². The van der Waals surface area contributed by atoms with Crippen molar-refractivity contribution in [2.24, 2.45) is 11.5 Å². The van der Waals surface area contributed by atoms with E-state index < -0.39 is 10.5 Å². The van der Waals surface area contributed by atoms with Crippen molar-refractivity contribution in [3.8, 4) is 0 Å². The molecule has 0 fully saturated rings. The molecule has 1 radical (unpaired) electrons. The molecule has 0 atom stereocenters. The Hall–Kier alpha value is -0.114. The predicted molar refractivity (Wildman–Crippen MR) is 33.9 cm³/mol. The average Bonchev–Trinajstić information content (AvgIpc) is 1.25. The first kappa shape index (κ1) is 16.0. The van der Waals surface area contributed by atoms with E-state index in [0.717, 1.165) is 0 Å². The van der Waals surface area contributed by atoms with Gasteiger partial charge in [-0.1, -0.05) is 0 Å². The molecule has 0 aliphatic carbocycles. The Morgan fingerprint density at radius 2 is 1.00 bits per heavy atom. The normalized spacial score (nSPS) is 5.33. The molecule has 9 heavy (non-hydrogen) atoms. The molecule has 0 aromatic rings. The minimum Gasteiger partial charge on any atom is -0.719 e. The second-order valence-electron chi connectivity index (χ2n) is 0.638. The third kappa shape index (κ3) is 21200. The number of carbonyl (C=O) groups is 2. The van der Waals surface area contributed by atoms with Crippen LogP contribution in [0, 0.1) is 0 Å². The minimum atomic E-state index is -0.750. The second kappa shape index (κ2) is 10.8. The summed E-state index contributed by atoms with van der Waals surface area (Å²) in [6.07, 6.45) is 0. The number of amides is 2. The standard InChI is InChI=1S/2CH3NOS.Co/c2*2-1(3)4;/h2*(H3,2,3,4);/q;;+2/p-2. The Morgan fingerprint density at radius 3 is 1.00 bits per heavy atom. The Bertz CT molecular complexity index is 78.6. The molecule has 0 spiro atoms. The van der Waals surface area contributed by atoms with Crippen LogP contribution in [0.15, 0.2) is 0 Å². The fraction of sp³-hybridized carbons (Fsp3) is 0. The van der Waals surface area contributed by atoms with Crippen LogP contribution < -0.4 is 11.5 Å². The zero-order valence-corrected chi connectivity index (χ0v) is 6.80. The van der Waals surface area contributed by atoms with Gasteiger partial charge in [-0.3, -0.25) is 0 Å². The van der Waals surface area contributed by atoms with Crippen LogP contribution in [0.25, 0.3) is 0 Å². The molecule has 0 aromatic carbocycles. The van der Waals surface area contributed by atoms with E-state index in [1.807, 2.05) is 0 Å². The summed E-state index contributed by atoms with van der Waals surface area (Å²) >= 11 is 7.52. The van der Waals surface area contributed by atoms with Crippen LogP contribution in [-0.4, -0.2) is 10.5 Å². The summed E-state index contributed by atoms with van der Waals surface area (Å²) in [6.45, 7) is 0. The molecule has 0 aliphatic heterocycles. The molecule has 0 bridgehead atoms.